The summed E-state index contributed by atoms with van der Waals surface area (Å²) in [6, 6.07) is -0.154. The zero-order valence-electron chi connectivity index (χ0n) is 12.4. The lowest BCUT2D eigenvalue weighted by Gasteiger charge is -2.38. The molecule has 1 aliphatic rings. The average Bonchev–Trinajstić information content (AvgIpc) is 2.36. The average molecular weight is 284 g/mol. The maximum atomic E-state index is 11.8. The Morgan fingerprint density at radius 2 is 1.95 bits per heavy atom. The molecule has 1 rings (SSSR count). The number of nitrogens with zero attached hydrogens (tertiary/aromatic N) is 1. The lowest BCUT2D eigenvalue weighted by atomic mass is 9.91. The predicted molar refractivity (Wildman–Crippen MR) is 74.0 cm³/mol. The largest absolute Gasteiger partial charge is 0.481 e. The van der Waals surface area contributed by atoms with E-state index in [0.717, 1.165) is 0 Å². The highest BCUT2D eigenvalue weighted by molar-refractivity contribution is 5.79. The number of amides is 2. The van der Waals surface area contributed by atoms with Crippen LogP contribution in [0, 0.1) is 11.8 Å². The second kappa shape index (κ2) is 7.26. The fourth-order valence-corrected chi connectivity index (χ4v) is 2.50. The van der Waals surface area contributed by atoms with E-state index in [1.54, 1.807) is 11.8 Å². The number of carbonyl (C=O) groups is 3. The molecule has 0 aliphatic carbocycles. The number of carboxylic acids is 1. The molecule has 2 atom stereocenters. The van der Waals surface area contributed by atoms with Crippen molar-refractivity contribution in [3.05, 3.63) is 0 Å². The number of aliphatic carboxylic acids is 1. The molecule has 0 radical (unpaired) electrons. The fraction of sp³-hybridized carbons (Fsp3) is 0.786. The first-order chi connectivity index (χ1) is 9.33. The van der Waals surface area contributed by atoms with Gasteiger partial charge in [-0.05, 0) is 12.3 Å². The van der Waals surface area contributed by atoms with Gasteiger partial charge in [-0.15, -0.1) is 0 Å². The summed E-state index contributed by atoms with van der Waals surface area (Å²) in [7, 11) is 0. The minimum absolute atomic E-state index is 0.00360. The van der Waals surface area contributed by atoms with Crippen molar-refractivity contribution in [2.24, 2.45) is 11.8 Å². The number of hydrogen-bond donors (Lipinski definition) is 2. The van der Waals surface area contributed by atoms with E-state index in [0.29, 0.717) is 25.9 Å². The number of nitrogens with one attached hydrogen (secondary N) is 1. The molecule has 1 saturated heterocycles. The van der Waals surface area contributed by atoms with Crippen LogP contribution in [-0.4, -0.2) is 46.9 Å². The lowest BCUT2D eigenvalue weighted by molar-refractivity contribution is -0.141. The smallest absolute Gasteiger partial charge is 0.303 e. The number of hydrogen-bond acceptors (Lipinski definition) is 3. The first kappa shape index (κ1) is 16.5. The Morgan fingerprint density at radius 3 is 2.45 bits per heavy atom. The van der Waals surface area contributed by atoms with Crippen LogP contribution in [0.1, 0.15) is 40.0 Å². The Balaban J connectivity index is 2.71. The van der Waals surface area contributed by atoms with E-state index in [4.69, 9.17) is 5.11 Å². The molecule has 0 spiro atoms. The Bertz CT molecular complexity index is 381. The summed E-state index contributed by atoms with van der Waals surface area (Å²) in [5, 5.41) is 11.8. The van der Waals surface area contributed by atoms with Crippen molar-refractivity contribution in [3.63, 3.8) is 0 Å². The summed E-state index contributed by atoms with van der Waals surface area (Å²) in [6.07, 6.45) is 1.03. The summed E-state index contributed by atoms with van der Waals surface area (Å²) in [6.45, 7) is 6.34. The molecule has 2 N–H and O–H groups in total. The molecule has 6 heteroatoms. The van der Waals surface area contributed by atoms with Gasteiger partial charge in [-0.25, -0.2) is 0 Å². The first-order valence-corrected chi connectivity index (χ1v) is 7.13. The van der Waals surface area contributed by atoms with E-state index in [-0.39, 0.29) is 36.1 Å². The third kappa shape index (κ3) is 4.83. The van der Waals surface area contributed by atoms with Gasteiger partial charge in [0.05, 0.1) is 0 Å². The molecule has 0 bridgehead atoms. The predicted octanol–water partition coefficient (Wildman–Crippen LogP) is 0.860. The van der Waals surface area contributed by atoms with E-state index >= 15 is 0 Å². The fourth-order valence-electron chi connectivity index (χ4n) is 2.50. The molecule has 1 fully saturated rings. The molecule has 114 valence electrons. The lowest BCUT2D eigenvalue weighted by Crippen LogP contribution is -2.53. The number of carbonyl (C=O) groups excluding carboxylic acids is 2. The minimum atomic E-state index is -0.866. The van der Waals surface area contributed by atoms with Crippen LogP contribution in [0.3, 0.4) is 0 Å². The summed E-state index contributed by atoms with van der Waals surface area (Å²) in [5.41, 5.74) is 0. The van der Waals surface area contributed by atoms with Crippen LogP contribution < -0.4 is 5.32 Å². The molecule has 20 heavy (non-hydrogen) atoms. The van der Waals surface area contributed by atoms with Crippen LogP contribution in [-0.2, 0) is 14.4 Å². The molecular formula is C14H24N2O4. The van der Waals surface area contributed by atoms with Gasteiger partial charge in [-0.3, -0.25) is 14.4 Å². The molecule has 6 nitrogen and oxygen atoms in total. The van der Waals surface area contributed by atoms with Crippen molar-refractivity contribution < 1.29 is 19.5 Å². The van der Waals surface area contributed by atoms with Gasteiger partial charge in [0, 0.05) is 37.9 Å². The molecule has 0 aromatic carbocycles. The normalized spacial score (nSPS) is 22.7. The van der Waals surface area contributed by atoms with E-state index in [1.165, 1.54) is 0 Å². The van der Waals surface area contributed by atoms with Gasteiger partial charge in [-0.1, -0.05) is 20.8 Å². The quantitative estimate of drug-likeness (QED) is 0.784. The highest BCUT2D eigenvalue weighted by atomic mass is 16.4. The SMILES string of the molecule is CCC(=O)N1CC(CC(=O)O)CC(NC(=O)C(C)C)C1. The van der Waals surface area contributed by atoms with E-state index < -0.39 is 5.97 Å². The number of rotatable bonds is 5. The molecule has 0 aromatic heterocycles. The van der Waals surface area contributed by atoms with E-state index in [1.807, 2.05) is 13.8 Å². The molecule has 0 aromatic rings. The maximum Gasteiger partial charge on any atom is 0.303 e. The highest BCUT2D eigenvalue weighted by Crippen LogP contribution is 2.21. The molecule has 2 amide bonds. The van der Waals surface area contributed by atoms with Crippen molar-refractivity contribution >= 4 is 17.8 Å². The molecule has 0 saturated carbocycles. The summed E-state index contributed by atoms with van der Waals surface area (Å²) < 4.78 is 0. The van der Waals surface area contributed by atoms with Crippen LogP contribution in [0.25, 0.3) is 0 Å². The van der Waals surface area contributed by atoms with Crippen LogP contribution in [0.2, 0.25) is 0 Å². The Labute approximate surface area is 119 Å². The van der Waals surface area contributed by atoms with Gasteiger partial charge in [0.15, 0.2) is 0 Å². The Morgan fingerprint density at radius 1 is 1.30 bits per heavy atom. The summed E-state index contributed by atoms with van der Waals surface area (Å²) in [5.74, 6) is -1.15. The topological polar surface area (TPSA) is 86.7 Å². The zero-order chi connectivity index (χ0) is 15.3. The standard InChI is InChI=1S/C14H24N2O4/c1-4-12(17)16-7-10(6-13(18)19)5-11(8-16)15-14(20)9(2)3/h9-11H,4-8H2,1-3H3,(H,15,20)(H,18,19). The van der Waals surface area contributed by atoms with E-state index in [2.05, 4.69) is 5.32 Å². The second-order valence-corrected chi connectivity index (χ2v) is 5.71. The second-order valence-electron chi connectivity index (χ2n) is 5.71. The van der Waals surface area contributed by atoms with Crippen LogP contribution >= 0.6 is 0 Å². The third-order valence-electron chi connectivity index (χ3n) is 3.53. The summed E-state index contributed by atoms with van der Waals surface area (Å²) >= 11 is 0. The van der Waals surface area contributed by atoms with E-state index in [9.17, 15) is 14.4 Å². The minimum Gasteiger partial charge on any atom is -0.481 e. The van der Waals surface area contributed by atoms with Gasteiger partial charge in [0.25, 0.3) is 0 Å². The van der Waals surface area contributed by atoms with Crippen LogP contribution in [0.15, 0.2) is 0 Å². The van der Waals surface area contributed by atoms with Crippen molar-refractivity contribution in [2.75, 3.05) is 13.1 Å². The van der Waals surface area contributed by atoms with Crippen LogP contribution in [0.5, 0.6) is 0 Å². The molecule has 1 aliphatic heterocycles. The molecule has 1 heterocycles. The number of likely N-dealkylation sites (tertiary alicyclic amines) is 1. The van der Waals surface area contributed by atoms with Gasteiger partial charge in [0.1, 0.15) is 0 Å². The monoisotopic (exact) mass is 284 g/mol. The third-order valence-corrected chi connectivity index (χ3v) is 3.53. The summed E-state index contributed by atoms with van der Waals surface area (Å²) in [4.78, 5) is 36.1. The van der Waals surface area contributed by atoms with Gasteiger partial charge in [-0.2, -0.15) is 0 Å². The van der Waals surface area contributed by atoms with Crippen molar-refractivity contribution in [1.82, 2.24) is 10.2 Å². The van der Waals surface area contributed by atoms with Gasteiger partial charge in [0.2, 0.25) is 11.8 Å². The van der Waals surface area contributed by atoms with Crippen LogP contribution in [0.4, 0.5) is 0 Å². The number of piperidine rings is 1. The molecule has 2 unspecified atom stereocenters. The molecular weight excluding hydrogens is 260 g/mol. The first-order valence-electron chi connectivity index (χ1n) is 7.13. The van der Waals surface area contributed by atoms with Gasteiger partial charge >= 0.3 is 5.97 Å². The van der Waals surface area contributed by atoms with Crippen molar-refractivity contribution in [2.45, 2.75) is 46.1 Å². The zero-order valence-corrected chi connectivity index (χ0v) is 12.4. The van der Waals surface area contributed by atoms with Crippen molar-refractivity contribution in [3.8, 4) is 0 Å². The van der Waals surface area contributed by atoms with Gasteiger partial charge < -0.3 is 15.3 Å². The Kier molecular flexibility index (Phi) is 5.98. The number of carboxylic acid groups (broad SMARTS) is 1. The maximum absolute atomic E-state index is 11.8. The highest BCUT2D eigenvalue weighted by Gasteiger charge is 2.31. The van der Waals surface area contributed by atoms with Crippen molar-refractivity contribution in [1.29, 1.82) is 0 Å². The Hall–Kier alpha value is -1.59.